The lowest BCUT2D eigenvalue weighted by atomic mass is 9.72. The fourth-order valence-electron chi connectivity index (χ4n) is 2.88. The van der Waals surface area contributed by atoms with Crippen LogP contribution < -0.4 is 5.32 Å². The summed E-state index contributed by atoms with van der Waals surface area (Å²) in [6.07, 6.45) is 3.72. The smallest absolute Gasteiger partial charge is 0.126 e. The molecule has 0 bridgehead atoms. The molecule has 0 heterocycles. The predicted molar refractivity (Wildman–Crippen MR) is 71.1 cm³/mol. The maximum absolute atomic E-state index is 13.2. The van der Waals surface area contributed by atoms with E-state index in [4.69, 9.17) is 4.74 Å². The summed E-state index contributed by atoms with van der Waals surface area (Å²) in [6.45, 7) is 2.84. The highest BCUT2D eigenvalue weighted by molar-refractivity contribution is 5.20. The van der Waals surface area contributed by atoms with Crippen molar-refractivity contribution in [3.63, 3.8) is 0 Å². The van der Waals surface area contributed by atoms with E-state index >= 15 is 0 Å². The molecule has 4 heteroatoms. The topological polar surface area (TPSA) is 21.3 Å². The first-order valence-corrected chi connectivity index (χ1v) is 6.83. The molecule has 0 aliphatic heterocycles. The number of halogens is 2. The van der Waals surface area contributed by atoms with Crippen LogP contribution in [0.2, 0.25) is 0 Å². The van der Waals surface area contributed by atoms with E-state index in [1.165, 1.54) is 12.1 Å². The molecule has 2 nitrogen and oxygen atoms in total. The Balaban J connectivity index is 2.16. The van der Waals surface area contributed by atoms with Gasteiger partial charge in [0.15, 0.2) is 0 Å². The molecule has 0 spiro atoms. The van der Waals surface area contributed by atoms with Crippen molar-refractivity contribution >= 4 is 0 Å². The standard InChI is InChI=1S/C15H21F2NO/c1-3-18-14(15(19-2)5-4-6-15)9-11-7-12(16)10-13(17)8-11/h7-8,10,14,18H,3-6,9H2,1-2H3. The predicted octanol–water partition coefficient (Wildman–Crippen LogP) is 3.05. The Kier molecular flexibility index (Phi) is 4.53. The second-order valence-corrected chi connectivity index (χ2v) is 5.21. The van der Waals surface area contributed by atoms with E-state index in [1.807, 2.05) is 6.92 Å². The van der Waals surface area contributed by atoms with Crippen molar-refractivity contribution in [2.75, 3.05) is 13.7 Å². The molecule has 1 aromatic carbocycles. The third-order valence-electron chi connectivity index (χ3n) is 4.05. The van der Waals surface area contributed by atoms with Crippen LogP contribution in [0.3, 0.4) is 0 Å². The van der Waals surface area contributed by atoms with Gasteiger partial charge in [-0.2, -0.15) is 0 Å². The second-order valence-electron chi connectivity index (χ2n) is 5.21. The number of ether oxygens (including phenoxy) is 1. The van der Waals surface area contributed by atoms with Gasteiger partial charge in [0.05, 0.1) is 5.60 Å². The Morgan fingerprint density at radius 1 is 1.26 bits per heavy atom. The fraction of sp³-hybridized carbons (Fsp3) is 0.600. The number of benzene rings is 1. The molecule has 1 atom stereocenters. The lowest BCUT2D eigenvalue weighted by Gasteiger charge is -2.47. The van der Waals surface area contributed by atoms with Crippen molar-refractivity contribution in [1.29, 1.82) is 0 Å². The molecule has 1 N–H and O–H groups in total. The van der Waals surface area contributed by atoms with Crippen LogP contribution in [0.25, 0.3) is 0 Å². The Labute approximate surface area is 113 Å². The Morgan fingerprint density at radius 3 is 2.32 bits per heavy atom. The van der Waals surface area contributed by atoms with Crippen LogP contribution in [-0.2, 0) is 11.2 Å². The van der Waals surface area contributed by atoms with E-state index in [2.05, 4.69) is 5.32 Å². The molecule has 1 fully saturated rings. The number of methoxy groups -OCH3 is 1. The van der Waals surface area contributed by atoms with E-state index in [0.29, 0.717) is 12.0 Å². The minimum Gasteiger partial charge on any atom is -0.377 e. The highest BCUT2D eigenvalue weighted by Crippen LogP contribution is 2.39. The largest absolute Gasteiger partial charge is 0.377 e. The van der Waals surface area contributed by atoms with Gasteiger partial charge >= 0.3 is 0 Å². The van der Waals surface area contributed by atoms with Crippen molar-refractivity contribution in [2.24, 2.45) is 0 Å². The van der Waals surface area contributed by atoms with E-state index in [1.54, 1.807) is 7.11 Å². The summed E-state index contributed by atoms with van der Waals surface area (Å²) in [7, 11) is 1.72. The minimum absolute atomic E-state index is 0.0949. The summed E-state index contributed by atoms with van der Waals surface area (Å²) in [4.78, 5) is 0. The molecule has 1 saturated carbocycles. The molecule has 0 amide bonds. The first-order valence-electron chi connectivity index (χ1n) is 6.83. The molecular formula is C15H21F2NO. The van der Waals surface area contributed by atoms with Crippen molar-refractivity contribution in [2.45, 2.75) is 44.2 Å². The Hall–Kier alpha value is -1.00. The van der Waals surface area contributed by atoms with Crippen LogP contribution in [0.4, 0.5) is 8.78 Å². The Bertz CT molecular complexity index is 406. The number of likely N-dealkylation sites (N-methyl/N-ethyl adjacent to an activating group) is 1. The number of hydrogen-bond acceptors (Lipinski definition) is 2. The second kappa shape index (κ2) is 5.97. The molecule has 2 rings (SSSR count). The van der Waals surface area contributed by atoms with Gasteiger partial charge in [-0.15, -0.1) is 0 Å². The minimum atomic E-state index is -0.523. The van der Waals surface area contributed by atoms with Crippen LogP contribution in [0.1, 0.15) is 31.7 Å². The Morgan fingerprint density at radius 2 is 1.89 bits per heavy atom. The summed E-state index contributed by atoms with van der Waals surface area (Å²) in [5.41, 5.74) is 0.491. The summed E-state index contributed by atoms with van der Waals surface area (Å²) < 4.78 is 32.2. The maximum Gasteiger partial charge on any atom is 0.126 e. The molecule has 106 valence electrons. The molecule has 1 aliphatic rings. The van der Waals surface area contributed by atoms with Crippen LogP contribution >= 0.6 is 0 Å². The molecule has 1 unspecified atom stereocenters. The summed E-state index contributed by atoms with van der Waals surface area (Å²) >= 11 is 0. The first kappa shape index (κ1) is 14.4. The molecule has 1 aliphatic carbocycles. The van der Waals surface area contributed by atoms with E-state index < -0.39 is 11.6 Å². The molecule has 19 heavy (non-hydrogen) atoms. The average Bonchev–Trinajstić information content (AvgIpc) is 2.27. The average molecular weight is 269 g/mol. The van der Waals surface area contributed by atoms with Gasteiger partial charge in [0.25, 0.3) is 0 Å². The number of nitrogens with one attached hydrogen (secondary N) is 1. The quantitative estimate of drug-likeness (QED) is 0.857. The summed E-state index contributed by atoms with van der Waals surface area (Å²) in [6, 6.07) is 3.80. The lowest BCUT2D eigenvalue weighted by molar-refractivity contribution is -0.0978. The van der Waals surface area contributed by atoms with Crippen molar-refractivity contribution in [1.82, 2.24) is 5.32 Å². The lowest BCUT2D eigenvalue weighted by Crippen LogP contribution is -2.57. The first-order chi connectivity index (χ1) is 9.09. The zero-order chi connectivity index (χ0) is 13.9. The fourth-order valence-corrected chi connectivity index (χ4v) is 2.88. The van der Waals surface area contributed by atoms with Crippen molar-refractivity contribution in [3.8, 4) is 0 Å². The molecular weight excluding hydrogens is 248 g/mol. The van der Waals surface area contributed by atoms with Gasteiger partial charge in [0, 0.05) is 19.2 Å². The van der Waals surface area contributed by atoms with Gasteiger partial charge in [0.1, 0.15) is 11.6 Å². The van der Waals surface area contributed by atoms with Gasteiger partial charge in [-0.3, -0.25) is 0 Å². The molecule has 0 aromatic heterocycles. The van der Waals surface area contributed by atoms with Gasteiger partial charge in [-0.05, 0) is 49.9 Å². The summed E-state index contributed by atoms with van der Waals surface area (Å²) in [5, 5.41) is 3.39. The monoisotopic (exact) mass is 269 g/mol. The van der Waals surface area contributed by atoms with Gasteiger partial charge in [0.2, 0.25) is 0 Å². The van der Waals surface area contributed by atoms with Crippen LogP contribution in [0.15, 0.2) is 18.2 Å². The van der Waals surface area contributed by atoms with Gasteiger partial charge in [-0.25, -0.2) is 8.78 Å². The maximum atomic E-state index is 13.2. The zero-order valence-corrected chi connectivity index (χ0v) is 11.5. The molecule has 1 aromatic rings. The number of rotatable bonds is 6. The third-order valence-corrected chi connectivity index (χ3v) is 4.05. The van der Waals surface area contributed by atoms with E-state index in [9.17, 15) is 8.78 Å². The SMILES string of the molecule is CCNC(Cc1cc(F)cc(F)c1)C1(OC)CCC1. The third kappa shape index (κ3) is 3.12. The van der Waals surface area contributed by atoms with Crippen molar-refractivity contribution < 1.29 is 13.5 Å². The normalized spacial score (nSPS) is 18.9. The summed E-state index contributed by atoms with van der Waals surface area (Å²) in [5.74, 6) is -1.05. The van der Waals surface area contributed by atoms with Crippen LogP contribution in [-0.4, -0.2) is 25.3 Å². The number of hydrogen-bond donors (Lipinski definition) is 1. The van der Waals surface area contributed by atoms with Gasteiger partial charge < -0.3 is 10.1 Å². The van der Waals surface area contributed by atoms with E-state index in [0.717, 1.165) is 31.9 Å². The molecule has 0 radical (unpaired) electrons. The van der Waals surface area contributed by atoms with Crippen LogP contribution in [0, 0.1) is 11.6 Å². The van der Waals surface area contributed by atoms with Gasteiger partial charge in [-0.1, -0.05) is 6.92 Å². The van der Waals surface area contributed by atoms with E-state index in [-0.39, 0.29) is 11.6 Å². The van der Waals surface area contributed by atoms with Crippen LogP contribution in [0.5, 0.6) is 0 Å². The van der Waals surface area contributed by atoms with Crippen molar-refractivity contribution in [3.05, 3.63) is 35.4 Å². The molecule has 0 saturated heterocycles. The highest BCUT2D eigenvalue weighted by atomic mass is 19.1. The zero-order valence-electron chi connectivity index (χ0n) is 11.5. The highest BCUT2D eigenvalue weighted by Gasteiger charge is 2.43.